The minimum atomic E-state index is -0.0799. The van der Waals surface area contributed by atoms with Gasteiger partial charge in [-0.2, -0.15) is 0 Å². The Hall–Kier alpha value is -3.32. The van der Waals surface area contributed by atoms with Gasteiger partial charge in [0.05, 0.1) is 23.8 Å². The molecule has 0 saturated carbocycles. The number of hydrogen-bond acceptors (Lipinski definition) is 4. The molecule has 2 aromatic heterocycles. The Morgan fingerprint density at radius 1 is 1.10 bits per heavy atom. The van der Waals surface area contributed by atoms with Crippen LogP contribution in [0.25, 0.3) is 11.4 Å². The number of nitrogens with zero attached hydrogens (tertiary/aromatic N) is 4. The Balaban J connectivity index is 1.37. The third-order valence-electron chi connectivity index (χ3n) is 5.35. The van der Waals surface area contributed by atoms with Crippen LogP contribution in [0, 0.1) is 13.8 Å². The quantitative estimate of drug-likeness (QED) is 0.433. The Labute approximate surface area is 186 Å². The summed E-state index contributed by atoms with van der Waals surface area (Å²) in [7, 11) is 0. The fraction of sp³-hybridized carbons (Fsp3) is 0.208. The van der Waals surface area contributed by atoms with Crippen molar-refractivity contribution in [1.82, 2.24) is 24.4 Å². The molecule has 2 aromatic carbocycles. The summed E-state index contributed by atoms with van der Waals surface area (Å²) in [6.45, 7) is 6.19. The van der Waals surface area contributed by atoms with Crippen molar-refractivity contribution in [1.29, 1.82) is 0 Å². The van der Waals surface area contributed by atoms with Crippen LogP contribution in [0.4, 0.5) is 0 Å². The van der Waals surface area contributed by atoms with Gasteiger partial charge in [0, 0.05) is 30.5 Å². The average molecular weight is 432 g/mol. The van der Waals surface area contributed by atoms with Crippen LogP contribution in [0.1, 0.15) is 29.7 Å². The lowest BCUT2D eigenvalue weighted by Gasteiger charge is -2.15. The molecular formula is C24H25N5OS. The number of benzene rings is 2. The van der Waals surface area contributed by atoms with Crippen molar-refractivity contribution in [2.45, 2.75) is 32.0 Å². The number of hydrogen-bond donors (Lipinski definition) is 1. The fourth-order valence-corrected chi connectivity index (χ4v) is 4.20. The van der Waals surface area contributed by atoms with Crippen LogP contribution >= 0.6 is 11.8 Å². The lowest BCUT2D eigenvalue weighted by Crippen LogP contribution is -2.28. The van der Waals surface area contributed by atoms with Gasteiger partial charge in [-0.3, -0.25) is 9.36 Å². The summed E-state index contributed by atoms with van der Waals surface area (Å²) in [6.07, 6.45) is 9.12. The SMILES string of the molecule is Cc1cccc(-n2ccnc2SCC(=O)N[C@@H](C)c2ccc(-n3ccnc3)cc2)c1C. The Morgan fingerprint density at radius 3 is 2.65 bits per heavy atom. The van der Waals surface area contributed by atoms with Crippen molar-refractivity contribution < 1.29 is 4.79 Å². The highest BCUT2D eigenvalue weighted by Gasteiger charge is 2.14. The first kappa shape index (κ1) is 20.9. The van der Waals surface area contributed by atoms with Gasteiger partial charge in [0.2, 0.25) is 5.91 Å². The van der Waals surface area contributed by atoms with Crippen molar-refractivity contribution in [3.05, 3.63) is 90.3 Å². The van der Waals surface area contributed by atoms with E-state index in [4.69, 9.17) is 0 Å². The molecule has 0 saturated heterocycles. The van der Waals surface area contributed by atoms with E-state index in [1.165, 1.54) is 22.9 Å². The maximum absolute atomic E-state index is 12.6. The zero-order valence-corrected chi connectivity index (χ0v) is 18.6. The number of aryl methyl sites for hydroxylation is 1. The van der Waals surface area contributed by atoms with Crippen molar-refractivity contribution in [3.63, 3.8) is 0 Å². The van der Waals surface area contributed by atoms with Gasteiger partial charge in [-0.25, -0.2) is 9.97 Å². The maximum atomic E-state index is 12.6. The van der Waals surface area contributed by atoms with Crippen LogP contribution in [0.2, 0.25) is 0 Å². The highest BCUT2D eigenvalue weighted by Crippen LogP contribution is 2.24. The summed E-state index contributed by atoms with van der Waals surface area (Å²) in [5.41, 5.74) is 5.62. The van der Waals surface area contributed by atoms with Crippen LogP contribution in [0.3, 0.4) is 0 Å². The zero-order valence-electron chi connectivity index (χ0n) is 17.8. The molecule has 0 bridgehead atoms. The number of amides is 1. The predicted octanol–water partition coefficient (Wildman–Crippen LogP) is 4.64. The Morgan fingerprint density at radius 2 is 1.90 bits per heavy atom. The fourth-order valence-electron chi connectivity index (χ4n) is 3.42. The summed E-state index contributed by atoms with van der Waals surface area (Å²) in [5.74, 6) is 0.283. The number of nitrogens with one attached hydrogen (secondary N) is 1. The molecule has 4 rings (SSSR count). The van der Waals surface area contributed by atoms with E-state index < -0.39 is 0 Å². The number of aromatic nitrogens is 4. The van der Waals surface area contributed by atoms with Gasteiger partial charge in [-0.15, -0.1) is 0 Å². The van der Waals surface area contributed by atoms with Crippen LogP contribution in [-0.4, -0.2) is 30.8 Å². The highest BCUT2D eigenvalue weighted by molar-refractivity contribution is 7.99. The van der Waals surface area contributed by atoms with Gasteiger partial charge >= 0.3 is 0 Å². The number of imidazole rings is 2. The van der Waals surface area contributed by atoms with Gasteiger partial charge in [0.15, 0.2) is 5.16 Å². The van der Waals surface area contributed by atoms with Crippen LogP contribution < -0.4 is 5.32 Å². The van der Waals surface area contributed by atoms with Crippen LogP contribution in [0.5, 0.6) is 0 Å². The van der Waals surface area contributed by atoms with Crippen molar-refractivity contribution >= 4 is 17.7 Å². The van der Waals surface area contributed by atoms with Crippen LogP contribution in [0.15, 0.2) is 78.7 Å². The molecule has 0 aliphatic rings. The topological polar surface area (TPSA) is 64.7 Å². The number of thioether (sulfide) groups is 1. The zero-order chi connectivity index (χ0) is 21.8. The number of carbonyl (C=O) groups excluding carboxylic acids is 1. The second-order valence-electron chi connectivity index (χ2n) is 7.44. The van der Waals surface area contributed by atoms with E-state index in [0.717, 1.165) is 22.1 Å². The van der Waals surface area contributed by atoms with Crippen LogP contribution in [-0.2, 0) is 4.79 Å². The lowest BCUT2D eigenvalue weighted by atomic mass is 10.1. The predicted molar refractivity (Wildman–Crippen MR) is 124 cm³/mol. The normalized spacial score (nSPS) is 12.0. The molecule has 0 radical (unpaired) electrons. The van der Waals surface area contributed by atoms with E-state index in [9.17, 15) is 4.79 Å². The Kier molecular flexibility index (Phi) is 6.23. The number of carbonyl (C=O) groups is 1. The lowest BCUT2D eigenvalue weighted by molar-refractivity contribution is -0.119. The van der Waals surface area contributed by atoms with Crippen molar-refractivity contribution in [3.8, 4) is 11.4 Å². The maximum Gasteiger partial charge on any atom is 0.230 e. The van der Waals surface area contributed by atoms with Gasteiger partial charge in [0.1, 0.15) is 0 Å². The molecule has 0 fully saturated rings. The van der Waals surface area contributed by atoms with E-state index >= 15 is 0 Å². The smallest absolute Gasteiger partial charge is 0.230 e. The molecule has 7 heteroatoms. The monoisotopic (exact) mass is 431 g/mol. The van der Waals surface area contributed by atoms with E-state index in [1.807, 2.05) is 58.8 Å². The third kappa shape index (κ3) is 4.72. The largest absolute Gasteiger partial charge is 0.349 e. The standard InChI is InChI=1S/C24H25N5OS/c1-17-5-4-6-22(18(17)2)29-14-12-26-24(29)31-15-23(30)27-19(3)20-7-9-21(10-8-20)28-13-11-25-16-28/h4-14,16,19H,15H2,1-3H3,(H,27,30)/t19-/m0/s1. The van der Waals surface area contributed by atoms with Gasteiger partial charge < -0.3 is 9.88 Å². The van der Waals surface area contributed by atoms with E-state index in [0.29, 0.717) is 5.75 Å². The molecule has 4 aromatic rings. The molecule has 2 heterocycles. The average Bonchev–Trinajstić information content (AvgIpc) is 3.46. The highest BCUT2D eigenvalue weighted by atomic mass is 32.2. The van der Waals surface area contributed by atoms with E-state index in [1.54, 1.807) is 18.7 Å². The first-order chi connectivity index (χ1) is 15.0. The minimum absolute atomic E-state index is 0.0216. The molecule has 1 N–H and O–H groups in total. The first-order valence-corrected chi connectivity index (χ1v) is 11.1. The van der Waals surface area contributed by atoms with Gasteiger partial charge in [-0.1, -0.05) is 36.0 Å². The molecule has 0 aliphatic heterocycles. The molecule has 31 heavy (non-hydrogen) atoms. The molecule has 6 nitrogen and oxygen atoms in total. The summed E-state index contributed by atoms with van der Waals surface area (Å²) in [4.78, 5) is 21.1. The minimum Gasteiger partial charge on any atom is -0.349 e. The second kappa shape index (κ2) is 9.22. The van der Waals surface area contributed by atoms with Crippen molar-refractivity contribution in [2.24, 2.45) is 0 Å². The number of rotatable bonds is 7. The molecule has 1 amide bonds. The molecular weight excluding hydrogens is 406 g/mol. The second-order valence-corrected chi connectivity index (χ2v) is 8.38. The first-order valence-electron chi connectivity index (χ1n) is 10.1. The molecule has 1 atom stereocenters. The Bertz CT molecular complexity index is 1170. The van der Waals surface area contributed by atoms with Gasteiger partial charge in [-0.05, 0) is 55.7 Å². The summed E-state index contributed by atoms with van der Waals surface area (Å²) >= 11 is 1.44. The van der Waals surface area contributed by atoms with Gasteiger partial charge in [0.25, 0.3) is 0 Å². The van der Waals surface area contributed by atoms with E-state index in [-0.39, 0.29) is 11.9 Å². The molecule has 158 valence electrons. The molecule has 0 spiro atoms. The van der Waals surface area contributed by atoms with Crippen molar-refractivity contribution in [2.75, 3.05) is 5.75 Å². The van der Waals surface area contributed by atoms with E-state index in [2.05, 4.69) is 41.3 Å². The summed E-state index contributed by atoms with van der Waals surface area (Å²) in [5, 5.41) is 3.88. The molecule has 0 unspecified atom stereocenters. The summed E-state index contributed by atoms with van der Waals surface area (Å²) in [6, 6.07) is 14.2. The third-order valence-corrected chi connectivity index (χ3v) is 6.31. The summed E-state index contributed by atoms with van der Waals surface area (Å²) < 4.78 is 3.99. The molecule has 0 aliphatic carbocycles.